The molecule has 1 unspecified atom stereocenters. The van der Waals surface area contributed by atoms with Gasteiger partial charge in [-0.15, -0.1) is 0 Å². The SMILES string of the molecule is CCCCC/C=C/C([O-])=NCCN(CCC(=O)O)CC(C)O.[Li+]. The molecule has 0 rings (SSSR count). The molecule has 23 heavy (non-hydrogen) atoms. The minimum atomic E-state index is -0.876. The summed E-state index contributed by atoms with van der Waals surface area (Å²) in [6.07, 6.45) is 7.10. The van der Waals surface area contributed by atoms with Gasteiger partial charge in [0.1, 0.15) is 0 Å². The quantitative estimate of drug-likeness (QED) is 0.178. The maximum absolute atomic E-state index is 11.5. The van der Waals surface area contributed by atoms with Gasteiger partial charge in [-0.3, -0.25) is 14.7 Å². The zero-order chi connectivity index (χ0) is 16.8. The number of carboxylic acids is 1. The van der Waals surface area contributed by atoms with Gasteiger partial charge in [0.15, 0.2) is 0 Å². The predicted molar refractivity (Wildman–Crippen MR) is 86.0 cm³/mol. The van der Waals surface area contributed by atoms with E-state index in [9.17, 15) is 15.0 Å². The molecule has 0 amide bonds. The zero-order valence-electron chi connectivity index (χ0n) is 14.7. The van der Waals surface area contributed by atoms with Gasteiger partial charge in [-0.25, -0.2) is 0 Å². The molecule has 0 aromatic heterocycles. The van der Waals surface area contributed by atoms with Crippen LogP contribution in [0.15, 0.2) is 17.1 Å². The molecule has 7 heteroatoms. The Hall–Kier alpha value is -0.803. The Labute approximate surface area is 151 Å². The van der Waals surface area contributed by atoms with Gasteiger partial charge < -0.3 is 15.3 Å². The third-order valence-electron chi connectivity index (χ3n) is 3.08. The fourth-order valence-electron chi connectivity index (χ4n) is 1.97. The van der Waals surface area contributed by atoms with E-state index >= 15 is 0 Å². The van der Waals surface area contributed by atoms with Crippen LogP contribution in [0.5, 0.6) is 0 Å². The maximum Gasteiger partial charge on any atom is 1.00 e. The smallest absolute Gasteiger partial charge is 0.859 e. The molecule has 0 aromatic rings. The summed E-state index contributed by atoms with van der Waals surface area (Å²) in [6, 6.07) is 0. The molecule has 2 N–H and O–H groups in total. The molecule has 0 aliphatic rings. The number of aliphatic hydroxyl groups is 1. The van der Waals surface area contributed by atoms with Crippen molar-refractivity contribution in [1.29, 1.82) is 0 Å². The number of aliphatic imine (C=N–C) groups is 1. The van der Waals surface area contributed by atoms with E-state index in [4.69, 9.17) is 5.11 Å². The van der Waals surface area contributed by atoms with Crippen molar-refractivity contribution in [3.63, 3.8) is 0 Å². The van der Waals surface area contributed by atoms with Gasteiger partial charge in [0.05, 0.1) is 19.1 Å². The van der Waals surface area contributed by atoms with E-state index in [1.165, 1.54) is 6.08 Å². The van der Waals surface area contributed by atoms with Crippen LogP contribution >= 0.6 is 0 Å². The van der Waals surface area contributed by atoms with Crippen molar-refractivity contribution in [1.82, 2.24) is 4.90 Å². The Morgan fingerprint density at radius 3 is 2.61 bits per heavy atom. The first kappa shape index (κ1) is 24.4. The van der Waals surface area contributed by atoms with Gasteiger partial charge in [0, 0.05) is 19.6 Å². The Kier molecular flexibility index (Phi) is 17.1. The average Bonchev–Trinajstić information content (AvgIpc) is 2.43. The molecule has 0 spiro atoms. The number of nitrogens with zero attached hydrogens (tertiary/aromatic N) is 2. The third kappa shape index (κ3) is 17.4. The molecule has 0 aliphatic heterocycles. The molecule has 0 saturated carbocycles. The summed E-state index contributed by atoms with van der Waals surface area (Å²) < 4.78 is 0. The minimum Gasteiger partial charge on any atom is -0.859 e. The largest absolute Gasteiger partial charge is 1.00 e. The Morgan fingerprint density at radius 2 is 2.04 bits per heavy atom. The molecule has 6 nitrogen and oxygen atoms in total. The molecular formula is C16H29LiN2O4. The van der Waals surface area contributed by atoms with Crippen LogP contribution in [0.4, 0.5) is 0 Å². The van der Waals surface area contributed by atoms with E-state index < -0.39 is 12.1 Å². The van der Waals surface area contributed by atoms with Crippen LogP contribution in [-0.2, 0) is 4.79 Å². The predicted octanol–water partition coefficient (Wildman–Crippen LogP) is -1.96. The van der Waals surface area contributed by atoms with Crippen molar-refractivity contribution in [2.45, 2.75) is 52.1 Å². The van der Waals surface area contributed by atoms with Crippen LogP contribution in [0.25, 0.3) is 0 Å². The van der Waals surface area contributed by atoms with Crippen molar-refractivity contribution in [3.8, 4) is 0 Å². The fraction of sp³-hybridized carbons (Fsp3) is 0.750. The summed E-state index contributed by atoms with van der Waals surface area (Å²) in [5.74, 6) is -1.13. The van der Waals surface area contributed by atoms with Gasteiger partial charge in [-0.2, -0.15) is 0 Å². The van der Waals surface area contributed by atoms with E-state index in [0.717, 1.165) is 25.7 Å². The van der Waals surface area contributed by atoms with Crippen LogP contribution in [0, 0.1) is 0 Å². The molecule has 0 bridgehead atoms. The number of carboxylic acid groups (broad SMARTS) is 1. The van der Waals surface area contributed by atoms with Gasteiger partial charge in [0.2, 0.25) is 0 Å². The number of allylic oxidation sites excluding steroid dienone is 1. The van der Waals surface area contributed by atoms with E-state index in [0.29, 0.717) is 26.2 Å². The Balaban J connectivity index is 0. The van der Waals surface area contributed by atoms with Crippen LogP contribution in [0.3, 0.4) is 0 Å². The number of carbonyl (C=O) groups is 1. The van der Waals surface area contributed by atoms with Crippen LogP contribution < -0.4 is 24.0 Å². The first-order chi connectivity index (χ1) is 10.5. The number of hydrogen-bond donors (Lipinski definition) is 2. The van der Waals surface area contributed by atoms with E-state index in [1.807, 2.05) is 6.08 Å². The second kappa shape index (κ2) is 16.1. The van der Waals surface area contributed by atoms with Crippen LogP contribution in [0.1, 0.15) is 46.0 Å². The molecule has 0 heterocycles. The number of unbranched alkanes of at least 4 members (excludes halogenated alkanes) is 3. The summed E-state index contributed by atoms with van der Waals surface area (Å²) in [4.78, 5) is 16.3. The summed E-state index contributed by atoms with van der Waals surface area (Å²) in [5, 5.41) is 29.6. The maximum atomic E-state index is 11.5. The number of aliphatic hydroxyl groups excluding tert-OH is 1. The number of rotatable bonds is 13. The van der Waals surface area contributed by atoms with Crippen LogP contribution in [-0.4, -0.2) is 59.3 Å². The van der Waals surface area contributed by atoms with Gasteiger partial charge in [-0.05, 0) is 25.7 Å². The number of aliphatic carboxylic acids is 1. The molecular weight excluding hydrogens is 291 g/mol. The topological polar surface area (TPSA) is 96.2 Å². The minimum absolute atomic E-state index is 0. The summed E-state index contributed by atoms with van der Waals surface area (Å²) in [5.41, 5.74) is 0. The third-order valence-corrected chi connectivity index (χ3v) is 3.08. The molecule has 0 radical (unpaired) electrons. The Bertz CT molecular complexity index is 360. The average molecular weight is 320 g/mol. The summed E-state index contributed by atoms with van der Waals surface area (Å²) in [7, 11) is 0. The van der Waals surface area contributed by atoms with Gasteiger partial charge in [0.25, 0.3) is 0 Å². The zero-order valence-corrected chi connectivity index (χ0v) is 14.7. The normalized spacial score (nSPS) is 13.3. The van der Waals surface area contributed by atoms with Gasteiger partial charge in [-0.1, -0.05) is 31.9 Å². The standard InChI is InChI=1S/C16H30N2O4.Li/c1-3-4-5-6-7-8-15(20)17-10-12-18(13-14(2)19)11-9-16(21)22;/h7-8,14,19H,3-6,9-13H2,1-2H3,(H,17,20)(H,21,22);/q;+1/p-1/b8-7+;. The van der Waals surface area contributed by atoms with Crippen molar-refractivity contribution in [3.05, 3.63) is 12.2 Å². The monoisotopic (exact) mass is 320 g/mol. The van der Waals surface area contributed by atoms with Crippen molar-refractivity contribution >= 4 is 11.9 Å². The summed E-state index contributed by atoms with van der Waals surface area (Å²) in [6.45, 7) is 5.28. The first-order valence-electron chi connectivity index (χ1n) is 7.96. The molecule has 128 valence electrons. The van der Waals surface area contributed by atoms with Crippen LogP contribution in [0.2, 0.25) is 0 Å². The summed E-state index contributed by atoms with van der Waals surface area (Å²) >= 11 is 0. The molecule has 0 aromatic carbocycles. The molecule has 0 aliphatic carbocycles. The second-order valence-electron chi connectivity index (χ2n) is 5.41. The fourth-order valence-corrected chi connectivity index (χ4v) is 1.97. The second-order valence-corrected chi connectivity index (χ2v) is 5.41. The van der Waals surface area contributed by atoms with Crippen molar-refractivity contribution in [2.75, 3.05) is 26.2 Å². The molecule has 1 atom stereocenters. The Morgan fingerprint density at radius 1 is 1.35 bits per heavy atom. The molecule has 0 fully saturated rings. The van der Waals surface area contributed by atoms with E-state index in [-0.39, 0.29) is 31.2 Å². The first-order valence-corrected chi connectivity index (χ1v) is 7.96. The van der Waals surface area contributed by atoms with Crippen molar-refractivity contribution in [2.24, 2.45) is 4.99 Å². The number of hydrogen-bond acceptors (Lipinski definition) is 5. The van der Waals surface area contributed by atoms with E-state index in [1.54, 1.807) is 11.8 Å². The molecule has 0 saturated heterocycles. The van der Waals surface area contributed by atoms with Crippen molar-refractivity contribution < 1.29 is 39.0 Å². The van der Waals surface area contributed by atoms with E-state index in [2.05, 4.69) is 11.9 Å². The van der Waals surface area contributed by atoms with Gasteiger partial charge >= 0.3 is 24.8 Å².